The summed E-state index contributed by atoms with van der Waals surface area (Å²) in [4.78, 5) is 6.10. The summed E-state index contributed by atoms with van der Waals surface area (Å²) in [5, 5.41) is 0. The Morgan fingerprint density at radius 2 is 1.00 bits per heavy atom. The zero-order chi connectivity index (χ0) is 11.8. The molecule has 0 aromatic rings. The third-order valence-corrected chi connectivity index (χ3v) is 15.5. The molecule has 102 valence electrons. The Morgan fingerprint density at radius 1 is 0.867 bits per heavy atom. The zero-order valence-corrected chi connectivity index (χ0v) is 13.1. The molecule has 0 saturated carbocycles. The van der Waals surface area contributed by atoms with E-state index >= 15 is 0 Å². The second-order valence-corrected chi connectivity index (χ2v) is 16.4. The van der Waals surface area contributed by atoms with Gasteiger partial charge in [-0.1, -0.05) is 0 Å². The summed E-state index contributed by atoms with van der Waals surface area (Å²) in [6.07, 6.45) is 0. The van der Waals surface area contributed by atoms with E-state index in [0.717, 1.165) is 0 Å². The second kappa shape index (κ2) is 9.72. The maximum atomic E-state index is 8.74. The van der Waals surface area contributed by atoms with Crippen molar-refractivity contribution in [3.05, 3.63) is 0 Å². The van der Waals surface area contributed by atoms with Crippen molar-refractivity contribution < 1.29 is 33.6 Å². The molecule has 0 unspecified atom stereocenters. The zero-order valence-electron chi connectivity index (χ0n) is 9.97. The molecule has 0 aromatic heterocycles. The maximum absolute atomic E-state index is 8.74. The van der Waals surface area contributed by atoms with E-state index in [1.165, 1.54) is 19.2 Å². The molecule has 0 aliphatic heterocycles. The molecular formula is C8H25NO4PtS. The molecule has 15 heavy (non-hydrogen) atoms. The summed E-state index contributed by atoms with van der Waals surface area (Å²) >= 11 is -1.10. The first kappa shape index (κ1) is 20.9. The molecule has 0 saturated heterocycles. The van der Waals surface area contributed by atoms with Crippen molar-refractivity contribution in [1.29, 1.82) is 0 Å². The van der Waals surface area contributed by atoms with Crippen molar-refractivity contribution >= 4 is 10.4 Å². The molecule has 0 atom stereocenters. The van der Waals surface area contributed by atoms with Gasteiger partial charge in [0.1, 0.15) is 0 Å². The van der Waals surface area contributed by atoms with Crippen LogP contribution in [0.4, 0.5) is 0 Å². The summed E-state index contributed by atoms with van der Waals surface area (Å²) in [7, 11) is -4.67. The monoisotopic (exact) mass is 426 g/mol. The Bertz CT molecular complexity index is 201. The maximum Gasteiger partial charge on any atom is 0.394 e. The van der Waals surface area contributed by atoms with Gasteiger partial charge in [-0.25, -0.2) is 0 Å². The SMILES string of the molecule is C[CH2][Pt]([CH2]C)([CH2]C)[CH2]C.N.O=S(=O)(O)O. The first-order chi connectivity index (χ1) is 6.24. The van der Waals surface area contributed by atoms with Gasteiger partial charge in [-0.2, -0.15) is 8.42 Å². The second-order valence-electron chi connectivity index (χ2n) is 2.29. The Labute approximate surface area is 97.0 Å². The molecule has 0 amide bonds. The molecular weight excluding hydrogens is 401 g/mol. The molecule has 0 fully saturated rings. The summed E-state index contributed by atoms with van der Waals surface area (Å²) < 4.78 is 31.6. The van der Waals surface area contributed by atoms with Gasteiger partial charge in [0.2, 0.25) is 0 Å². The summed E-state index contributed by atoms with van der Waals surface area (Å²) in [6, 6.07) is 0. The van der Waals surface area contributed by atoms with Crippen molar-refractivity contribution in [2.45, 2.75) is 46.9 Å². The van der Waals surface area contributed by atoms with Crippen LogP contribution in [0.15, 0.2) is 0 Å². The van der Waals surface area contributed by atoms with Gasteiger partial charge in [0.15, 0.2) is 0 Å². The van der Waals surface area contributed by atoms with Crippen LogP contribution in [0.3, 0.4) is 0 Å². The van der Waals surface area contributed by atoms with E-state index in [1.807, 2.05) is 0 Å². The summed E-state index contributed by atoms with van der Waals surface area (Å²) in [5.74, 6) is 0. The molecule has 0 aromatic carbocycles. The van der Waals surface area contributed by atoms with Crippen molar-refractivity contribution in [1.82, 2.24) is 6.15 Å². The van der Waals surface area contributed by atoms with Gasteiger partial charge in [0.25, 0.3) is 0 Å². The van der Waals surface area contributed by atoms with Crippen LogP contribution in [0.2, 0.25) is 19.2 Å². The number of rotatable bonds is 4. The van der Waals surface area contributed by atoms with Crippen LogP contribution in [0.5, 0.6) is 0 Å². The minimum atomic E-state index is -4.67. The van der Waals surface area contributed by atoms with Crippen molar-refractivity contribution in [3.63, 3.8) is 0 Å². The third kappa shape index (κ3) is 14.5. The molecule has 7 heteroatoms. The molecule has 0 aliphatic rings. The fraction of sp³-hybridized carbons (Fsp3) is 1.00. The summed E-state index contributed by atoms with van der Waals surface area (Å²) in [6.45, 7) is 9.53. The van der Waals surface area contributed by atoms with Crippen molar-refractivity contribution in [3.8, 4) is 0 Å². The van der Waals surface area contributed by atoms with E-state index in [0.29, 0.717) is 0 Å². The molecule has 0 radical (unpaired) electrons. The van der Waals surface area contributed by atoms with Gasteiger partial charge in [-0.05, 0) is 0 Å². The fourth-order valence-corrected chi connectivity index (χ4v) is 7.77. The van der Waals surface area contributed by atoms with Crippen LogP contribution in [-0.4, -0.2) is 17.5 Å². The van der Waals surface area contributed by atoms with E-state index in [4.69, 9.17) is 17.5 Å². The van der Waals surface area contributed by atoms with Crippen molar-refractivity contribution in [2.75, 3.05) is 0 Å². The van der Waals surface area contributed by atoms with Crippen LogP contribution in [0.25, 0.3) is 0 Å². The largest absolute Gasteiger partial charge is 0.394 e. The van der Waals surface area contributed by atoms with Crippen LogP contribution < -0.4 is 6.15 Å². The van der Waals surface area contributed by atoms with Crippen LogP contribution in [0.1, 0.15) is 27.7 Å². The van der Waals surface area contributed by atoms with Crippen LogP contribution in [-0.2, 0) is 26.5 Å². The number of hydrogen-bond donors (Lipinski definition) is 3. The van der Waals surface area contributed by atoms with E-state index in [9.17, 15) is 0 Å². The molecule has 5 N–H and O–H groups in total. The van der Waals surface area contributed by atoms with Gasteiger partial charge in [-0.15, -0.1) is 0 Å². The van der Waals surface area contributed by atoms with E-state index in [-0.39, 0.29) is 6.15 Å². The first-order valence-corrected chi connectivity index (χ1v) is 12.2. The smallest absolute Gasteiger partial charge is 0.344 e. The summed E-state index contributed by atoms with van der Waals surface area (Å²) in [5.41, 5.74) is 0. The standard InChI is InChI=1S/4C2H5.H3N.H2O4S.Pt/c4*1-2;;1-5(2,3)4;/h4*1H2,2H3;1H3;(H2,1,2,3,4);. The molecule has 0 rings (SSSR count). The minimum Gasteiger partial charge on any atom is -0.344 e. The third-order valence-electron chi connectivity index (χ3n) is 1.90. The predicted octanol–water partition coefficient (Wildman–Crippen LogP) is 3.40. The Kier molecular flexibility index (Phi) is 13.5. The Balaban J connectivity index is -0.000000208. The van der Waals surface area contributed by atoms with Gasteiger partial charge in [-0.3, -0.25) is 9.11 Å². The minimum absolute atomic E-state index is 0. The molecule has 0 heterocycles. The van der Waals surface area contributed by atoms with Gasteiger partial charge in [0.05, 0.1) is 0 Å². The molecule has 5 nitrogen and oxygen atoms in total. The number of hydrogen-bond acceptors (Lipinski definition) is 3. The average molecular weight is 426 g/mol. The van der Waals surface area contributed by atoms with E-state index in [1.54, 1.807) is 0 Å². The first-order valence-electron chi connectivity index (χ1n) is 4.42. The normalized spacial score (nSPS) is 12.1. The van der Waals surface area contributed by atoms with E-state index < -0.39 is 26.5 Å². The van der Waals surface area contributed by atoms with Crippen molar-refractivity contribution in [2.24, 2.45) is 0 Å². The van der Waals surface area contributed by atoms with E-state index in [2.05, 4.69) is 27.7 Å². The van der Waals surface area contributed by atoms with Crippen LogP contribution in [0, 0.1) is 0 Å². The quantitative estimate of drug-likeness (QED) is 0.597. The van der Waals surface area contributed by atoms with Crippen LogP contribution >= 0.6 is 0 Å². The molecule has 0 spiro atoms. The van der Waals surface area contributed by atoms with Gasteiger partial charge in [0, 0.05) is 0 Å². The Morgan fingerprint density at radius 3 is 1.00 bits per heavy atom. The van der Waals surface area contributed by atoms with Gasteiger partial charge >= 0.3 is 73.4 Å². The predicted molar refractivity (Wildman–Crippen MR) is 61.1 cm³/mol. The Hall–Kier alpha value is 0.518. The van der Waals surface area contributed by atoms with Gasteiger partial charge < -0.3 is 6.15 Å². The topological polar surface area (TPSA) is 110 Å². The fourth-order valence-electron chi connectivity index (χ4n) is 0.949. The molecule has 0 aliphatic carbocycles. The average Bonchev–Trinajstić information content (AvgIpc) is 2.07. The molecule has 0 bridgehead atoms.